The van der Waals surface area contributed by atoms with Gasteiger partial charge in [-0.3, -0.25) is 4.79 Å². The second-order valence-electron chi connectivity index (χ2n) is 10.9. The minimum Gasteiger partial charge on any atom is -0.493 e. The summed E-state index contributed by atoms with van der Waals surface area (Å²) in [6.45, 7) is 4.65. The minimum absolute atomic E-state index is 0.121. The van der Waals surface area contributed by atoms with Gasteiger partial charge in [0, 0.05) is 39.4 Å². The molecule has 4 aromatic carbocycles. The van der Waals surface area contributed by atoms with Crippen LogP contribution in [0.5, 0.6) is 11.5 Å². The number of rotatable bonds is 5. The normalized spacial score (nSPS) is 18.0. The molecule has 0 saturated carbocycles. The predicted molar refractivity (Wildman–Crippen MR) is 154 cm³/mol. The molecule has 6 rings (SSSR count). The number of carbonyl (C=O) groups excluding carboxylic acids is 1. The van der Waals surface area contributed by atoms with E-state index >= 15 is 0 Å². The highest BCUT2D eigenvalue weighted by molar-refractivity contribution is 6.31. The van der Waals surface area contributed by atoms with Crippen molar-refractivity contribution in [2.24, 2.45) is 5.41 Å². The van der Waals surface area contributed by atoms with Gasteiger partial charge in [-0.1, -0.05) is 86.1 Å². The number of allylic oxidation sites excluding steroid dienone is 1. The molecule has 0 radical (unpaired) electrons. The predicted octanol–water partition coefficient (Wildman–Crippen LogP) is 8.39. The highest BCUT2D eigenvalue weighted by Crippen LogP contribution is 2.53. The van der Waals surface area contributed by atoms with Crippen LogP contribution in [-0.2, 0) is 11.4 Å². The van der Waals surface area contributed by atoms with Gasteiger partial charge in [-0.25, -0.2) is 0 Å². The molecule has 0 amide bonds. The van der Waals surface area contributed by atoms with Crippen LogP contribution in [0.25, 0.3) is 16.3 Å². The third kappa shape index (κ3) is 4.23. The van der Waals surface area contributed by atoms with Gasteiger partial charge >= 0.3 is 0 Å². The molecule has 4 nitrogen and oxygen atoms in total. The first-order valence-electron chi connectivity index (χ1n) is 12.9. The van der Waals surface area contributed by atoms with E-state index in [9.17, 15) is 4.79 Å². The number of Topliss-reactive ketones (excluding diaryl/α,β-unsaturated/α-hetero) is 1. The summed E-state index contributed by atoms with van der Waals surface area (Å²) >= 11 is 6.42. The number of ether oxygens (including phenoxy) is 2. The van der Waals surface area contributed by atoms with Crippen molar-refractivity contribution in [2.75, 3.05) is 12.4 Å². The average Bonchev–Trinajstić information content (AvgIpc) is 2.91. The molecule has 1 aliphatic carbocycles. The molecule has 0 fully saturated rings. The Kier molecular flexibility index (Phi) is 6.16. The van der Waals surface area contributed by atoms with Gasteiger partial charge in [0.15, 0.2) is 17.3 Å². The van der Waals surface area contributed by atoms with Gasteiger partial charge in [0.2, 0.25) is 0 Å². The summed E-state index contributed by atoms with van der Waals surface area (Å²) in [6, 6.07) is 25.8. The number of fused-ring (bicyclic) bond motifs is 4. The number of carbonyl (C=O) groups is 1. The van der Waals surface area contributed by atoms with Gasteiger partial charge in [-0.15, -0.1) is 0 Å². The van der Waals surface area contributed by atoms with E-state index in [1.165, 1.54) is 5.39 Å². The van der Waals surface area contributed by atoms with E-state index in [1.54, 1.807) is 7.11 Å². The Morgan fingerprint density at radius 1 is 0.947 bits per heavy atom. The number of benzene rings is 4. The summed E-state index contributed by atoms with van der Waals surface area (Å²) in [4.78, 5) is 13.9. The second kappa shape index (κ2) is 9.52. The Bertz CT molecular complexity index is 1600. The van der Waals surface area contributed by atoms with Crippen LogP contribution in [0.2, 0.25) is 5.02 Å². The van der Waals surface area contributed by atoms with Gasteiger partial charge in [-0.05, 0) is 46.4 Å². The molecule has 5 heteroatoms. The molecule has 0 spiro atoms. The third-order valence-electron chi connectivity index (χ3n) is 7.61. The number of halogens is 1. The summed E-state index contributed by atoms with van der Waals surface area (Å²) in [5, 5.41) is 6.70. The molecule has 1 N–H and O–H groups in total. The van der Waals surface area contributed by atoms with Gasteiger partial charge in [0.1, 0.15) is 6.61 Å². The van der Waals surface area contributed by atoms with E-state index < -0.39 is 0 Å². The first kappa shape index (κ1) is 24.6. The van der Waals surface area contributed by atoms with Gasteiger partial charge in [0.05, 0.1) is 13.2 Å². The number of hydrogen-bond donors (Lipinski definition) is 1. The summed E-state index contributed by atoms with van der Waals surface area (Å²) < 4.78 is 12.1. The SMILES string of the molecule is COc1cccc([C@H]2Nc3ccc4ccccc4c3C3=C2C(=O)CC(C)(C)C3)c1OCc1ccccc1Cl. The fraction of sp³-hybridized carbons (Fsp3) is 0.242. The van der Waals surface area contributed by atoms with Crippen LogP contribution >= 0.6 is 11.6 Å². The quantitative estimate of drug-likeness (QED) is 0.285. The van der Waals surface area contributed by atoms with Gasteiger partial charge in [0.25, 0.3) is 0 Å². The lowest BCUT2D eigenvalue weighted by Gasteiger charge is -2.40. The zero-order chi connectivity index (χ0) is 26.4. The van der Waals surface area contributed by atoms with Crippen LogP contribution in [0.1, 0.15) is 49.4 Å². The van der Waals surface area contributed by atoms with E-state index in [2.05, 4.69) is 55.6 Å². The average molecular weight is 524 g/mol. The van der Waals surface area contributed by atoms with Crippen molar-refractivity contribution >= 4 is 39.4 Å². The first-order valence-corrected chi connectivity index (χ1v) is 13.3. The van der Waals surface area contributed by atoms with Gasteiger partial charge in [-0.2, -0.15) is 0 Å². The topological polar surface area (TPSA) is 47.6 Å². The Morgan fingerprint density at radius 2 is 1.74 bits per heavy atom. The number of methoxy groups -OCH3 is 1. The molecule has 38 heavy (non-hydrogen) atoms. The number of para-hydroxylation sites is 1. The molecule has 0 bridgehead atoms. The Hall–Kier alpha value is -3.76. The first-order chi connectivity index (χ1) is 18.4. The molecule has 0 aromatic heterocycles. The molecule has 4 aromatic rings. The molecule has 0 saturated heterocycles. The number of nitrogens with one attached hydrogen (secondary N) is 1. The molecular formula is C33H30ClNO3. The third-order valence-corrected chi connectivity index (χ3v) is 7.98. The lowest BCUT2D eigenvalue weighted by Crippen LogP contribution is -2.33. The van der Waals surface area contributed by atoms with Crippen LogP contribution < -0.4 is 14.8 Å². The van der Waals surface area contributed by atoms with Crippen molar-refractivity contribution in [2.45, 2.75) is 39.3 Å². The van der Waals surface area contributed by atoms with E-state index in [-0.39, 0.29) is 23.8 Å². The molecule has 192 valence electrons. The molecule has 1 heterocycles. The van der Waals surface area contributed by atoms with E-state index in [0.717, 1.165) is 45.3 Å². The maximum Gasteiger partial charge on any atom is 0.167 e. The van der Waals surface area contributed by atoms with Crippen LogP contribution in [0.3, 0.4) is 0 Å². The fourth-order valence-electron chi connectivity index (χ4n) is 5.91. The highest BCUT2D eigenvalue weighted by atomic mass is 35.5. The van der Waals surface area contributed by atoms with Crippen LogP contribution in [0, 0.1) is 5.41 Å². The fourth-order valence-corrected chi connectivity index (χ4v) is 6.10. The van der Waals surface area contributed by atoms with Crippen molar-refractivity contribution in [1.29, 1.82) is 0 Å². The monoisotopic (exact) mass is 523 g/mol. The minimum atomic E-state index is -0.362. The van der Waals surface area contributed by atoms with Crippen molar-refractivity contribution < 1.29 is 14.3 Å². The lowest BCUT2D eigenvalue weighted by molar-refractivity contribution is -0.118. The van der Waals surface area contributed by atoms with Crippen LogP contribution in [0.4, 0.5) is 5.69 Å². The van der Waals surface area contributed by atoms with E-state index in [0.29, 0.717) is 22.9 Å². The van der Waals surface area contributed by atoms with E-state index in [4.69, 9.17) is 21.1 Å². The van der Waals surface area contributed by atoms with Crippen molar-refractivity contribution in [1.82, 2.24) is 0 Å². The highest BCUT2D eigenvalue weighted by Gasteiger charge is 2.41. The molecule has 0 unspecified atom stereocenters. The summed E-state index contributed by atoms with van der Waals surface area (Å²) in [5.74, 6) is 1.40. The smallest absolute Gasteiger partial charge is 0.167 e. The molecular weight excluding hydrogens is 494 g/mol. The zero-order valence-electron chi connectivity index (χ0n) is 21.8. The second-order valence-corrected chi connectivity index (χ2v) is 11.3. The van der Waals surface area contributed by atoms with Crippen molar-refractivity contribution in [3.8, 4) is 11.5 Å². The standard InChI is InChI=1S/C33H30ClNO3/c1-33(2)17-24-29-22-11-6-4-9-20(22)15-16-26(29)35-31(30(24)27(36)18-33)23-12-8-14-28(37-3)32(23)38-19-21-10-5-7-13-25(21)34/h4-16,31,35H,17-19H2,1-3H3/t31-/m1/s1. The Morgan fingerprint density at radius 3 is 2.55 bits per heavy atom. The molecule has 2 aliphatic rings. The zero-order valence-corrected chi connectivity index (χ0v) is 22.6. The Labute approximate surface area is 228 Å². The summed E-state index contributed by atoms with van der Waals surface area (Å²) in [7, 11) is 1.64. The van der Waals surface area contributed by atoms with Crippen molar-refractivity contribution in [3.05, 3.63) is 106 Å². The number of ketones is 1. The van der Waals surface area contributed by atoms with E-state index in [1.807, 2.05) is 42.5 Å². The van der Waals surface area contributed by atoms with Crippen LogP contribution in [0.15, 0.2) is 84.4 Å². The van der Waals surface area contributed by atoms with Gasteiger partial charge < -0.3 is 14.8 Å². The summed E-state index contributed by atoms with van der Waals surface area (Å²) in [6.07, 6.45) is 1.33. The number of hydrogen-bond acceptors (Lipinski definition) is 4. The molecule has 1 aliphatic heterocycles. The largest absolute Gasteiger partial charge is 0.493 e. The number of anilines is 1. The van der Waals surface area contributed by atoms with Crippen molar-refractivity contribution in [3.63, 3.8) is 0 Å². The Balaban J connectivity index is 1.52. The summed E-state index contributed by atoms with van der Waals surface area (Å²) in [5.41, 5.74) is 5.75. The maximum atomic E-state index is 13.9. The molecule has 1 atom stereocenters. The maximum absolute atomic E-state index is 13.9. The lowest BCUT2D eigenvalue weighted by atomic mass is 9.67. The van der Waals surface area contributed by atoms with Crippen LogP contribution in [-0.4, -0.2) is 12.9 Å².